The fourth-order valence-electron chi connectivity index (χ4n) is 2.90. The van der Waals surface area contributed by atoms with Crippen molar-refractivity contribution in [3.05, 3.63) is 0 Å². The van der Waals surface area contributed by atoms with Crippen LogP contribution in [0.15, 0.2) is 0 Å². The Morgan fingerprint density at radius 2 is 1.94 bits per heavy atom. The van der Waals surface area contributed by atoms with Crippen molar-refractivity contribution in [3.63, 3.8) is 0 Å². The van der Waals surface area contributed by atoms with Crippen molar-refractivity contribution in [1.29, 1.82) is 0 Å². The van der Waals surface area contributed by atoms with Crippen LogP contribution in [0.3, 0.4) is 0 Å². The minimum Gasteiger partial charge on any atom is -0.450 e. The molecule has 1 atom stereocenters. The molecule has 106 valence electrons. The van der Waals surface area contributed by atoms with E-state index in [1.807, 2.05) is 0 Å². The van der Waals surface area contributed by atoms with E-state index in [0.717, 1.165) is 31.1 Å². The second-order valence-corrected chi connectivity index (χ2v) is 6.27. The van der Waals surface area contributed by atoms with Crippen LogP contribution in [0.4, 0.5) is 4.79 Å². The smallest absolute Gasteiger partial charge is 0.450 e. The van der Waals surface area contributed by atoms with Crippen molar-refractivity contribution in [2.45, 2.75) is 65.6 Å². The first kappa shape index (κ1) is 15.3. The molecule has 1 saturated carbocycles. The predicted molar refractivity (Wildman–Crippen MR) is 69.3 cm³/mol. The largest absolute Gasteiger partial charge is 0.508 e. The molecule has 1 unspecified atom stereocenters. The molecule has 0 aromatic carbocycles. The Labute approximate surface area is 109 Å². The van der Waals surface area contributed by atoms with E-state index >= 15 is 0 Å². The van der Waals surface area contributed by atoms with Gasteiger partial charge in [-0.3, -0.25) is 0 Å². The first-order valence-corrected chi connectivity index (χ1v) is 6.90. The van der Waals surface area contributed by atoms with Crippen molar-refractivity contribution >= 4 is 6.16 Å². The van der Waals surface area contributed by atoms with Crippen molar-refractivity contribution < 1.29 is 19.7 Å². The van der Waals surface area contributed by atoms with Crippen LogP contribution in [0.5, 0.6) is 0 Å². The summed E-state index contributed by atoms with van der Waals surface area (Å²) in [4.78, 5) is 10.3. The van der Waals surface area contributed by atoms with E-state index < -0.39 is 12.4 Å². The Morgan fingerprint density at radius 3 is 2.39 bits per heavy atom. The average Bonchev–Trinajstić information content (AvgIpc) is 2.26. The summed E-state index contributed by atoms with van der Waals surface area (Å²) < 4.78 is 4.32. The van der Waals surface area contributed by atoms with Crippen LogP contribution in [0.1, 0.15) is 59.3 Å². The maximum atomic E-state index is 10.3. The number of hydrogen-bond donors (Lipinski definition) is 2. The molecular weight excluding hydrogens is 232 g/mol. The monoisotopic (exact) mass is 258 g/mol. The number of carboxylic acid groups (broad SMARTS) is 1. The van der Waals surface area contributed by atoms with Crippen molar-refractivity contribution in [3.8, 4) is 0 Å². The molecule has 0 amide bonds. The van der Waals surface area contributed by atoms with Crippen LogP contribution in [0.2, 0.25) is 0 Å². The first-order chi connectivity index (χ1) is 8.32. The summed E-state index contributed by atoms with van der Waals surface area (Å²) in [6.07, 6.45) is 3.44. The number of aliphatic hydroxyl groups is 1. The second kappa shape index (κ2) is 6.41. The molecule has 0 saturated heterocycles. The van der Waals surface area contributed by atoms with E-state index in [1.54, 1.807) is 0 Å². The van der Waals surface area contributed by atoms with E-state index in [0.29, 0.717) is 6.42 Å². The van der Waals surface area contributed by atoms with Gasteiger partial charge in [-0.15, -0.1) is 0 Å². The van der Waals surface area contributed by atoms with Gasteiger partial charge in [0.2, 0.25) is 6.29 Å². The second-order valence-electron chi connectivity index (χ2n) is 6.27. The number of carbonyl (C=O) groups is 1. The lowest BCUT2D eigenvalue weighted by molar-refractivity contribution is -0.0817. The van der Waals surface area contributed by atoms with E-state index in [1.165, 1.54) is 12.8 Å². The van der Waals surface area contributed by atoms with Crippen molar-refractivity contribution in [2.24, 2.45) is 17.3 Å². The van der Waals surface area contributed by atoms with E-state index in [-0.39, 0.29) is 5.41 Å². The molecule has 2 N–H and O–H groups in total. The quantitative estimate of drug-likeness (QED) is 0.583. The van der Waals surface area contributed by atoms with Gasteiger partial charge in [0.05, 0.1) is 0 Å². The van der Waals surface area contributed by atoms with Crippen molar-refractivity contribution in [2.75, 3.05) is 0 Å². The molecule has 1 aliphatic rings. The zero-order valence-electron chi connectivity index (χ0n) is 11.7. The van der Waals surface area contributed by atoms with Gasteiger partial charge < -0.3 is 14.9 Å². The maximum absolute atomic E-state index is 10.3. The number of ether oxygens (including phenoxy) is 1. The fraction of sp³-hybridized carbons (Fsp3) is 0.929. The van der Waals surface area contributed by atoms with Gasteiger partial charge in [-0.25, -0.2) is 4.79 Å². The third-order valence-corrected chi connectivity index (χ3v) is 4.41. The highest BCUT2D eigenvalue weighted by molar-refractivity contribution is 5.56. The third kappa shape index (κ3) is 4.84. The minimum atomic E-state index is -1.41. The Balaban J connectivity index is 2.32. The van der Waals surface area contributed by atoms with Crippen LogP contribution in [-0.4, -0.2) is 22.7 Å². The van der Waals surface area contributed by atoms with Crippen LogP contribution in [0, 0.1) is 17.3 Å². The summed E-state index contributed by atoms with van der Waals surface area (Å²) in [5, 5.41) is 17.8. The molecular formula is C14H26O4. The molecule has 0 heterocycles. The predicted octanol–water partition coefficient (Wildman–Crippen LogP) is 3.63. The van der Waals surface area contributed by atoms with Gasteiger partial charge in [0, 0.05) is 6.42 Å². The van der Waals surface area contributed by atoms with Crippen LogP contribution in [-0.2, 0) is 4.74 Å². The molecule has 1 aliphatic carbocycles. The van der Waals surface area contributed by atoms with E-state index in [2.05, 4.69) is 25.5 Å². The third-order valence-electron chi connectivity index (χ3n) is 4.41. The number of rotatable bonds is 5. The topological polar surface area (TPSA) is 66.8 Å². The molecule has 0 radical (unpaired) electrons. The van der Waals surface area contributed by atoms with Crippen LogP contribution >= 0.6 is 0 Å². The van der Waals surface area contributed by atoms with Gasteiger partial charge in [0.25, 0.3) is 0 Å². The summed E-state index contributed by atoms with van der Waals surface area (Å²) in [6.45, 7) is 6.78. The molecule has 0 spiro atoms. The van der Waals surface area contributed by atoms with Gasteiger partial charge in [0.15, 0.2) is 0 Å². The number of hydrogen-bond acceptors (Lipinski definition) is 3. The average molecular weight is 258 g/mol. The molecule has 4 heteroatoms. The highest BCUT2D eigenvalue weighted by Crippen LogP contribution is 2.44. The molecule has 1 rings (SSSR count). The van der Waals surface area contributed by atoms with Crippen LogP contribution in [0.25, 0.3) is 0 Å². The highest BCUT2D eigenvalue weighted by atomic mass is 16.7. The molecule has 18 heavy (non-hydrogen) atoms. The lowest BCUT2D eigenvalue weighted by Gasteiger charge is -2.39. The van der Waals surface area contributed by atoms with Gasteiger partial charge in [-0.2, -0.15) is 0 Å². The highest BCUT2D eigenvalue weighted by Gasteiger charge is 2.32. The Kier molecular flexibility index (Phi) is 5.45. The fourth-order valence-corrected chi connectivity index (χ4v) is 2.90. The van der Waals surface area contributed by atoms with E-state index in [4.69, 9.17) is 5.11 Å². The first-order valence-electron chi connectivity index (χ1n) is 6.90. The normalized spacial score (nSPS) is 30.2. The summed E-state index contributed by atoms with van der Waals surface area (Å²) in [5.41, 5.74) is 0.230. The zero-order valence-corrected chi connectivity index (χ0v) is 11.7. The zero-order chi connectivity index (χ0) is 13.8. The summed E-state index contributed by atoms with van der Waals surface area (Å²) in [7, 11) is 0. The molecule has 0 aromatic heterocycles. The summed E-state index contributed by atoms with van der Waals surface area (Å²) in [6, 6.07) is 0. The molecule has 0 aromatic rings. The maximum Gasteiger partial charge on any atom is 0.508 e. The van der Waals surface area contributed by atoms with Gasteiger partial charge >= 0.3 is 6.16 Å². The van der Waals surface area contributed by atoms with E-state index in [9.17, 15) is 9.90 Å². The van der Waals surface area contributed by atoms with Gasteiger partial charge in [-0.05, 0) is 49.4 Å². The van der Waals surface area contributed by atoms with Gasteiger partial charge in [0.1, 0.15) is 0 Å². The summed E-state index contributed by atoms with van der Waals surface area (Å²) in [5.74, 6) is 1.56. The Bertz CT molecular complexity index is 267. The number of aliphatic hydroxyl groups excluding tert-OH is 1. The molecule has 1 fully saturated rings. The summed E-state index contributed by atoms with van der Waals surface area (Å²) >= 11 is 0. The minimum absolute atomic E-state index is 0.230. The Morgan fingerprint density at radius 1 is 1.39 bits per heavy atom. The molecule has 0 aliphatic heterocycles. The van der Waals surface area contributed by atoms with Crippen molar-refractivity contribution in [1.82, 2.24) is 0 Å². The lowest BCUT2D eigenvalue weighted by Crippen LogP contribution is -2.28. The van der Waals surface area contributed by atoms with Crippen LogP contribution < -0.4 is 0 Å². The Hall–Kier alpha value is -0.770. The lowest BCUT2D eigenvalue weighted by atomic mass is 9.67. The molecule has 0 bridgehead atoms. The van der Waals surface area contributed by atoms with Gasteiger partial charge in [-0.1, -0.05) is 20.8 Å². The molecule has 4 nitrogen and oxygen atoms in total. The standard InChI is InChI=1S/C14H26O4/c1-10(2)11-4-7-14(3,8-5-11)9-6-12(15)18-13(16)17/h10-12,15H,4-9H2,1-3H3,(H,16,17). The SMILES string of the molecule is CC(C)C1CCC(C)(CCC(O)OC(=O)O)CC1.